The lowest BCUT2D eigenvalue weighted by atomic mass is 9.80. The zero-order chi connectivity index (χ0) is 18.9. The Morgan fingerprint density at radius 3 is 2.48 bits per heavy atom. The Morgan fingerprint density at radius 2 is 1.81 bits per heavy atom. The molecule has 2 saturated carbocycles. The molecular weight excluding hydrogens is 362 g/mol. The van der Waals surface area contributed by atoms with Gasteiger partial charge in [0.25, 0.3) is 0 Å². The lowest BCUT2D eigenvalue weighted by Gasteiger charge is -2.48. The molecule has 2 aliphatic heterocycles. The Labute approximate surface area is 166 Å². The predicted octanol–water partition coefficient (Wildman–Crippen LogP) is 2.63. The molecule has 0 aromatic carbocycles. The smallest absolute Gasteiger partial charge is 0.317 e. The van der Waals surface area contributed by atoms with E-state index in [4.69, 9.17) is 0 Å². The SMILES string of the molecule is O=C(NCC1(N2CCSCC2)CCCCC1)N1C[C@@H]2CCC[C@@]2(C(=O)O)C1. The van der Waals surface area contributed by atoms with Crippen LogP contribution in [0.2, 0.25) is 0 Å². The van der Waals surface area contributed by atoms with Crippen molar-refractivity contribution in [3.05, 3.63) is 0 Å². The van der Waals surface area contributed by atoms with Crippen molar-refractivity contribution in [3.8, 4) is 0 Å². The summed E-state index contributed by atoms with van der Waals surface area (Å²) in [5.74, 6) is 1.79. The molecule has 0 aromatic rings. The number of carbonyl (C=O) groups is 2. The maximum Gasteiger partial charge on any atom is 0.317 e. The van der Waals surface area contributed by atoms with Gasteiger partial charge in [0, 0.05) is 49.8 Å². The fraction of sp³-hybridized carbons (Fsp3) is 0.900. The van der Waals surface area contributed by atoms with Crippen LogP contribution in [0, 0.1) is 11.3 Å². The molecule has 152 valence electrons. The van der Waals surface area contributed by atoms with Crippen molar-refractivity contribution in [1.29, 1.82) is 0 Å². The molecule has 0 aromatic heterocycles. The van der Waals surface area contributed by atoms with Gasteiger partial charge in [-0.2, -0.15) is 11.8 Å². The Kier molecular flexibility index (Phi) is 5.61. The van der Waals surface area contributed by atoms with E-state index in [0.29, 0.717) is 26.1 Å². The highest BCUT2D eigenvalue weighted by atomic mass is 32.2. The van der Waals surface area contributed by atoms with Gasteiger partial charge in [-0.05, 0) is 31.6 Å². The van der Waals surface area contributed by atoms with Gasteiger partial charge in [-0.25, -0.2) is 4.79 Å². The van der Waals surface area contributed by atoms with Crippen LogP contribution in [0.1, 0.15) is 51.4 Å². The van der Waals surface area contributed by atoms with Crippen LogP contribution in [0.4, 0.5) is 4.79 Å². The predicted molar refractivity (Wildman–Crippen MR) is 107 cm³/mol. The van der Waals surface area contributed by atoms with Crippen LogP contribution in [0.15, 0.2) is 0 Å². The Balaban J connectivity index is 1.39. The van der Waals surface area contributed by atoms with E-state index in [-0.39, 0.29) is 17.5 Å². The van der Waals surface area contributed by atoms with Gasteiger partial charge >= 0.3 is 12.0 Å². The average Bonchev–Trinajstić information content (AvgIpc) is 3.26. The fourth-order valence-electron chi connectivity index (χ4n) is 6.00. The maximum atomic E-state index is 12.9. The van der Waals surface area contributed by atoms with E-state index in [0.717, 1.165) is 25.9 Å². The number of carboxylic acid groups (broad SMARTS) is 1. The number of nitrogens with one attached hydrogen (secondary N) is 1. The van der Waals surface area contributed by atoms with E-state index in [1.54, 1.807) is 4.90 Å². The van der Waals surface area contributed by atoms with Crippen LogP contribution in [0.5, 0.6) is 0 Å². The number of thioether (sulfide) groups is 1. The van der Waals surface area contributed by atoms with E-state index in [1.807, 2.05) is 11.8 Å². The summed E-state index contributed by atoms with van der Waals surface area (Å²) in [6, 6.07) is -0.0543. The molecule has 0 bridgehead atoms. The molecule has 7 heteroatoms. The number of aliphatic carboxylic acids is 1. The zero-order valence-electron chi connectivity index (χ0n) is 16.3. The second-order valence-electron chi connectivity index (χ2n) is 8.97. The Hall–Kier alpha value is -0.950. The summed E-state index contributed by atoms with van der Waals surface area (Å²) in [4.78, 5) is 29.2. The first kappa shape index (κ1) is 19.4. The van der Waals surface area contributed by atoms with E-state index < -0.39 is 11.4 Å². The van der Waals surface area contributed by atoms with Crippen LogP contribution in [0.25, 0.3) is 0 Å². The summed E-state index contributed by atoms with van der Waals surface area (Å²) in [6.45, 7) is 3.93. The molecule has 2 heterocycles. The number of fused-ring (bicyclic) bond motifs is 1. The first-order chi connectivity index (χ1) is 13.1. The molecule has 4 aliphatic rings. The van der Waals surface area contributed by atoms with E-state index in [1.165, 1.54) is 43.6 Å². The molecule has 2 atom stereocenters. The molecule has 0 unspecified atom stereocenters. The molecule has 4 rings (SSSR count). The molecule has 2 aliphatic carbocycles. The Bertz CT molecular complexity index is 575. The van der Waals surface area contributed by atoms with Gasteiger partial charge in [0.15, 0.2) is 0 Å². The largest absolute Gasteiger partial charge is 0.481 e. The van der Waals surface area contributed by atoms with Crippen LogP contribution >= 0.6 is 11.8 Å². The van der Waals surface area contributed by atoms with Crippen LogP contribution < -0.4 is 5.32 Å². The summed E-state index contributed by atoms with van der Waals surface area (Å²) in [6.07, 6.45) is 8.74. The Morgan fingerprint density at radius 1 is 1.07 bits per heavy atom. The van der Waals surface area contributed by atoms with Crippen molar-refractivity contribution < 1.29 is 14.7 Å². The normalized spacial score (nSPS) is 33.6. The molecule has 6 nitrogen and oxygen atoms in total. The number of amides is 2. The standard InChI is InChI=1S/C20H33N3O3S/c24-17(25)20-8-4-5-16(20)13-22(15-20)18(26)21-14-19(6-2-1-3-7-19)23-9-11-27-12-10-23/h16H,1-15H2,(H,21,26)(H,24,25)/t16-,20+/m0/s1. The van der Waals surface area contributed by atoms with Crippen molar-refractivity contribution in [3.63, 3.8) is 0 Å². The molecule has 0 radical (unpaired) electrons. The summed E-state index contributed by atoms with van der Waals surface area (Å²) in [5, 5.41) is 13.0. The minimum absolute atomic E-state index is 0.0543. The van der Waals surface area contributed by atoms with Crippen molar-refractivity contribution in [2.45, 2.75) is 56.9 Å². The van der Waals surface area contributed by atoms with Gasteiger partial charge in [-0.3, -0.25) is 9.69 Å². The number of urea groups is 1. The van der Waals surface area contributed by atoms with Gasteiger partial charge in [-0.15, -0.1) is 0 Å². The first-order valence-corrected chi connectivity index (χ1v) is 11.8. The number of carboxylic acids is 1. The molecular formula is C20H33N3O3S. The molecule has 2 saturated heterocycles. The fourth-order valence-corrected chi connectivity index (χ4v) is 6.90. The van der Waals surface area contributed by atoms with Crippen molar-refractivity contribution >= 4 is 23.8 Å². The number of nitrogens with zero attached hydrogens (tertiary/aromatic N) is 2. The summed E-state index contributed by atoms with van der Waals surface area (Å²) >= 11 is 2.02. The average molecular weight is 396 g/mol. The third-order valence-electron chi connectivity index (χ3n) is 7.62. The lowest BCUT2D eigenvalue weighted by Crippen LogP contribution is -2.59. The first-order valence-electron chi connectivity index (χ1n) is 10.6. The number of rotatable bonds is 4. The molecule has 4 fully saturated rings. The van der Waals surface area contributed by atoms with Crippen molar-refractivity contribution in [2.75, 3.05) is 44.2 Å². The maximum absolute atomic E-state index is 12.9. The van der Waals surface area contributed by atoms with Gasteiger partial charge in [0.1, 0.15) is 0 Å². The van der Waals surface area contributed by atoms with E-state index in [2.05, 4.69) is 10.2 Å². The van der Waals surface area contributed by atoms with Gasteiger partial charge in [0.2, 0.25) is 0 Å². The summed E-state index contributed by atoms with van der Waals surface area (Å²) in [7, 11) is 0. The number of hydrogen-bond acceptors (Lipinski definition) is 4. The van der Waals surface area contributed by atoms with E-state index >= 15 is 0 Å². The summed E-state index contributed by atoms with van der Waals surface area (Å²) < 4.78 is 0. The monoisotopic (exact) mass is 395 g/mol. The van der Waals surface area contributed by atoms with Gasteiger partial charge in [0.05, 0.1) is 5.41 Å². The van der Waals surface area contributed by atoms with Crippen LogP contribution in [-0.2, 0) is 4.79 Å². The number of hydrogen-bond donors (Lipinski definition) is 2. The third-order valence-corrected chi connectivity index (χ3v) is 8.56. The summed E-state index contributed by atoms with van der Waals surface area (Å²) in [5.41, 5.74) is -0.584. The molecule has 2 amide bonds. The highest BCUT2D eigenvalue weighted by molar-refractivity contribution is 7.99. The van der Waals surface area contributed by atoms with E-state index in [9.17, 15) is 14.7 Å². The molecule has 2 N–H and O–H groups in total. The number of likely N-dealkylation sites (tertiary alicyclic amines) is 1. The van der Waals surface area contributed by atoms with Gasteiger partial charge < -0.3 is 15.3 Å². The molecule has 0 spiro atoms. The second-order valence-corrected chi connectivity index (χ2v) is 10.2. The topological polar surface area (TPSA) is 72.9 Å². The minimum atomic E-state index is -0.713. The van der Waals surface area contributed by atoms with Gasteiger partial charge in [-0.1, -0.05) is 25.7 Å². The zero-order valence-corrected chi connectivity index (χ0v) is 17.1. The third kappa shape index (κ3) is 3.57. The highest BCUT2D eigenvalue weighted by Gasteiger charge is 2.56. The van der Waals surface area contributed by atoms with Crippen molar-refractivity contribution in [2.24, 2.45) is 11.3 Å². The van der Waals surface area contributed by atoms with Crippen LogP contribution in [-0.4, -0.2) is 76.7 Å². The quantitative estimate of drug-likeness (QED) is 0.766. The second kappa shape index (κ2) is 7.82. The van der Waals surface area contributed by atoms with Crippen LogP contribution in [0.3, 0.4) is 0 Å². The van der Waals surface area contributed by atoms with Crippen molar-refractivity contribution in [1.82, 2.24) is 15.1 Å². The highest BCUT2D eigenvalue weighted by Crippen LogP contribution is 2.48. The number of carbonyl (C=O) groups excluding carboxylic acids is 1. The molecule has 27 heavy (non-hydrogen) atoms. The minimum Gasteiger partial charge on any atom is -0.481 e. The lowest BCUT2D eigenvalue weighted by molar-refractivity contribution is -0.149.